The van der Waals surface area contributed by atoms with Crippen LogP contribution >= 0.6 is 0 Å². The molecule has 290 valence electrons. The maximum atomic E-state index is 6.11. The summed E-state index contributed by atoms with van der Waals surface area (Å²) in [4.78, 5) is 10.5. The molecule has 0 radical (unpaired) electrons. The van der Waals surface area contributed by atoms with Crippen LogP contribution in [0.5, 0.6) is 0 Å². The number of fused-ring (bicyclic) bond motifs is 6. The Morgan fingerprint density at radius 2 is 0.919 bits per heavy atom. The van der Waals surface area contributed by atoms with E-state index in [1.165, 1.54) is 0 Å². The van der Waals surface area contributed by atoms with Crippen molar-refractivity contribution >= 4 is 38.2 Å². The minimum Gasteiger partial charge on any atom is -0.456 e. The Hall–Kier alpha value is -8.41. The lowest BCUT2D eigenvalue weighted by atomic mass is 9.96. The van der Waals surface area contributed by atoms with Crippen molar-refractivity contribution in [2.75, 3.05) is 0 Å². The number of benzene rings is 8. The molecule has 12 rings (SSSR count). The van der Waals surface area contributed by atoms with Crippen LogP contribution in [0.2, 0.25) is 0 Å². The van der Waals surface area contributed by atoms with Gasteiger partial charge in [0, 0.05) is 49.5 Å². The van der Waals surface area contributed by atoms with Crippen molar-refractivity contribution in [1.29, 1.82) is 0 Å². The molecule has 0 saturated carbocycles. The first-order valence-electron chi connectivity index (χ1n) is 20.8. The summed E-state index contributed by atoms with van der Waals surface area (Å²) < 4.78 is 8.24. The summed E-state index contributed by atoms with van der Waals surface area (Å²) in [5.74, 6) is 0.644. The zero-order chi connectivity index (χ0) is 41.0. The summed E-state index contributed by atoms with van der Waals surface area (Å²) in [5.41, 5.74) is 15.9. The Bertz CT molecular complexity index is 3610. The molecule has 12 aromatic rings. The van der Waals surface area contributed by atoms with E-state index in [2.05, 4.69) is 193 Å². The number of nitrogens with zero attached hydrogens (tertiary/aromatic N) is 4. The lowest BCUT2D eigenvalue weighted by Crippen LogP contribution is -1.96. The molecule has 0 saturated heterocycles. The average molecular weight is 793 g/mol. The summed E-state index contributed by atoms with van der Waals surface area (Å²) in [6.45, 7) is 0. The number of aromatic nitrogens is 4. The quantitative estimate of drug-likeness (QED) is 0.161. The molecule has 0 spiro atoms. The number of pyridine rings is 1. The molecule has 4 aromatic heterocycles. The lowest BCUT2D eigenvalue weighted by Gasteiger charge is -2.11. The van der Waals surface area contributed by atoms with Crippen molar-refractivity contribution in [2.24, 2.45) is 0 Å². The van der Waals surface area contributed by atoms with Gasteiger partial charge in [-0.3, -0.25) is 0 Å². The van der Waals surface area contributed by atoms with Crippen LogP contribution in [0.25, 0.3) is 117 Å². The fraction of sp³-hybridized carbons (Fsp3) is 0. The highest BCUT2D eigenvalue weighted by atomic mass is 16.3. The van der Waals surface area contributed by atoms with E-state index in [0.717, 1.165) is 111 Å². The molecule has 0 aliphatic heterocycles. The maximum absolute atomic E-state index is 6.11. The van der Waals surface area contributed by atoms with E-state index in [4.69, 9.17) is 19.5 Å². The van der Waals surface area contributed by atoms with Gasteiger partial charge < -0.3 is 4.42 Å². The van der Waals surface area contributed by atoms with Crippen LogP contribution in [0.1, 0.15) is 0 Å². The maximum Gasteiger partial charge on any atom is 0.160 e. The third-order valence-electron chi connectivity index (χ3n) is 11.8. The molecular weight excluding hydrogens is 757 g/mol. The number of hydrogen-bond acceptors (Lipinski definition) is 4. The van der Waals surface area contributed by atoms with Crippen LogP contribution in [-0.4, -0.2) is 19.6 Å². The Labute approximate surface area is 357 Å². The van der Waals surface area contributed by atoms with E-state index in [0.29, 0.717) is 5.82 Å². The molecule has 5 nitrogen and oxygen atoms in total. The summed E-state index contributed by atoms with van der Waals surface area (Å²) in [6, 6.07) is 76.2. The molecule has 0 aliphatic carbocycles. The summed E-state index contributed by atoms with van der Waals surface area (Å²) in [6.07, 6.45) is 0. The number of hydrogen-bond donors (Lipinski definition) is 0. The third kappa shape index (κ3) is 6.14. The minimum absolute atomic E-state index is 0.644. The summed E-state index contributed by atoms with van der Waals surface area (Å²) in [5, 5.41) is 10.0. The number of para-hydroxylation sites is 1. The predicted octanol–water partition coefficient (Wildman–Crippen LogP) is 14.8. The van der Waals surface area contributed by atoms with Crippen molar-refractivity contribution < 1.29 is 4.42 Å². The second-order valence-electron chi connectivity index (χ2n) is 15.6. The Morgan fingerprint density at radius 1 is 0.355 bits per heavy atom. The van der Waals surface area contributed by atoms with Gasteiger partial charge >= 0.3 is 0 Å². The van der Waals surface area contributed by atoms with Gasteiger partial charge in [-0.05, 0) is 58.5 Å². The Balaban J connectivity index is 1.00. The van der Waals surface area contributed by atoms with Crippen LogP contribution < -0.4 is 0 Å². The van der Waals surface area contributed by atoms with Crippen LogP contribution in [-0.2, 0) is 0 Å². The molecule has 0 N–H and O–H groups in total. The van der Waals surface area contributed by atoms with E-state index < -0.39 is 0 Å². The normalized spacial score (nSPS) is 11.5. The lowest BCUT2D eigenvalue weighted by molar-refractivity contribution is 0.669. The van der Waals surface area contributed by atoms with E-state index >= 15 is 0 Å². The van der Waals surface area contributed by atoms with E-state index in [9.17, 15) is 0 Å². The fourth-order valence-corrected chi connectivity index (χ4v) is 8.81. The van der Waals surface area contributed by atoms with Gasteiger partial charge in [0.15, 0.2) is 5.82 Å². The molecule has 5 heteroatoms. The largest absolute Gasteiger partial charge is 0.456 e. The van der Waals surface area contributed by atoms with Crippen LogP contribution in [0.15, 0.2) is 223 Å². The van der Waals surface area contributed by atoms with Gasteiger partial charge in [-0.1, -0.05) is 182 Å². The highest BCUT2D eigenvalue weighted by Crippen LogP contribution is 2.42. The molecule has 0 bridgehead atoms. The average Bonchev–Trinajstić information content (AvgIpc) is 3.94. The van der Waals surface area contributed by atoms with Crippen molar-refractivity contribution in [3.05, 3.63) is 218 Å². The van der Waals surface area contributed by atoms with Gasteiger partial charge in [0.25, 0.3) is 0 Å². The molecule has 0 unspecified atom stereocenters. The van der Waals surface area contributed by atoms with Crippen molar-refractivity contribution in [3.8, 4) is 78.7 Å². The van der Waals surface area contributed by atoms with Crippen molar-refractivity contribution in [2.45, 2.75) is 0 Å². The van der Waals surface area contributed by atoms with Crippen molar-refractivity contribution in [1.82, 2.24) is 19.6 Å². The van der Waals surface area contributed by atoms with Gasteiger partial charge in [0.1, 0.15) is 16.9 Å². The summed E-state index contributed by atoms with van der Waals surface area (Å²) in [7, 11) is 0. The standard InChI is InChI=1S/C57H36N4O/c1-4-15-38(16-5-1)49-36-50(39-29-27-37(28-30-39)42-31-32-53-48(34-42)47-25-12-13-26-52(47)62-53)59-57(58-49)45-23-14-22-44(33-45)55-54(41-19-8-3-9-20-41)56-46-24-11-10-21-43(46)35-51(61(56)60-55)40-17-6-2-7-18-40/h1-36H. The topological polar surface area (TPSA) is 56.2 Å². The van der Waals surface area contributed by atoms with Gasteiger partial charge in [0.2, 0.25) is 0 Å². The van der Waals surface area contributed by atoms with Crippen molar-refractivity contribution in [3.63, 3.8) is 0 Å². The van der Waals surface area contributed by atoms with E-state index in [1.54, 1.807) is 0 Å². The minimum atomic E-state index is 0.644. The fourth-order valence-electron chi connectivity index (χ4n) is 8.81. The second kappa shape index (κ2) is 14.7. The monoisotopic (exact) mass is 792 g/mol. The van der Waals surface area contributed by atoms with Crippen LogP contribution in [0.3, 0.4) is 0 Å². The van der Waals surface area contributed by atoms with Gasteiger partial charge in [0.05, 0.1) is 22.6 Å². The third-order valence-corrected chi connectivity index (χ3v) is 11.8. The molecule has 4 heterocycles. The Kier molecular flexibility index (Phi) is 8.42. The highest BCUT2D eigenvalue weighted by Gasteiger charge is 2.22. The van der Waals surface area contributed by atoms with Gasteiger partial charge in [-0.2, -0.15) is 5.10 Å². The Morgan fingerprint density at radius 3 is 1.68 bits per heavy atom. The smallest absolute Gasteiger partial charge is 0.160 e. The first kappa shape index (κ1) is 35.5. The number of furan rings is 1. The zero-order valence-electron chi connectivity index (χ0n) is 33.5. The zero-order valence-corrected chi connectivity index (χ0v) is 33.5. The highest BCUT2D eigenvalue weighted by molar-refractivity contribution is 6.09. The second-order valence-corrected chi connectivity index (χ2v) is 15.6. The summed E-state index contributed by atoms with van der Waals surface area (Å²) >= 11 is 0. The first-order valence-corrected chi connectivity index (χ1v) is 20.8. The van der Waals surface area contributed by atoms with Crippen LogP contribution in [0.4, 0.5) is 0 Å². The van der Waals surface area contributed by atoms with Gasteiger partial charge in [-0.15, -0.1) is 0 Å². The molecule has 0 aliphatic rings. The molecule has 62 heavy (non-hydrogen) atoms. The SMILES string of the molecule is c1ccc(-c2cc(-c3ccc(-c4ccc5oc6ccccc6c5c4)cc3)nc(-c3cccc(-c4nn5c(-c6ccccc6)cc6ccccc6c5c4-c4ccccc4)c3)n2)cc1. The molecular formula is C57H36N4O. The first-order chi connectivity index (χ1) is 30.7. The van der Waals surface area contributed by atoms with Crippen LogP contribution in [0, 0.1) is 0 Å². The van der Waals surface area contributed by atoms with E-state index in [1.807, 2.05) is 30.3 Å². The van der Waals surface area contributed by atoms with Gasteiger partial charge in [-0.25, -0.2) is 14.5 Å². The predicted molar refractivity (Wildman–Crippen MR) is 254 cm³/mol. The molecule has 8 aromatic carbocycles. The van der Waals surface area contributed by atoms with E-state index in [-0.39, 0.29) is 0 Å². The molecule has 0 atom stereocenters. The molecule has 0 fully saturated rings. The number of rotatable bonds is 7. The molecule has 0 amide bonds.